The molecule has 3 rings (SSSR count). The number of hydrogen-bond acceptors (Lipinski definition) is 6. The number of rotatable bonds is 7. The Balaban J connectivity index is 1.59. The minimum Gasteiger partial charge on any atom is -0.495 e. The van der Waals surface area contributed by atoms with Crippen LogP contribution in [0.2, 0.25) is 0 Å². The summed E-state index contributed by atoms with van der Waals surface area (Å²) in [6.07, 6.45) is 4.93. The molecule has 26 heavy (non-hydrogen) atoms. The highest BCUT2D eigenvalue weighted by molar-refractivity contribution is 7.15. The zero-order chi connectivity index (χ0) is 18.4. The van der Waals surface area contributed by atoms with Gasteiger partial charge in [-0.05, 0) is 37.0 Å². The number of hydrogen-bond donors (Lipinski definition) is 0. The molecule has 0 N–H and O–H groups in total. The molecular weight excluding hydrogens is 348 g/mol. The molecule has 0 radical (unpaired) electrons. The average molecular weight is 368 g/mol. The van der Waals surface area contributed by atoms with E-state index in [0.29, 0.717) is 18.7 Å². The summed E-state index contributed by atoms with van der Waals surface area (Å²) < 4.78 is 10.6. The third kappa shape index (κ3) is 4.46. The van der Waals surface area contributed by atoms with E-state index < -0.39 is 0 Å². The quantitative estimate of drug-likeness (QED) is 0.459. The smallest absolute Gasteiger partial charge is 0.358 e. The third-order valence-electron chi connectivity index (χ3n) is 3.81. The monoisotopic (exact) mass is 368 g/mol. The van der Waals surface area contributed by atoms with Crippen molar-refractivity contribution in [1.82, 2.24) is 9.97 Å². The molecule has 6 heteroatoms. The van der Waals surface area contributed by atoms with E-state index in [0.717, 1.165) is 33.2 Å². The van der Waals surface area contributed by atoms with Crippen LogP contribution in [0.4, 0.5) is 0 Å². The van der Waals surface area contributed by atoms with Crippen LogP contribution in [0.15, 0.2) is 48.8 Å². The molecule has 0 saturated carbocycles. The van der Waals surface area contributed by atoms with E-state index in [9.17, 15) is 4.79 Å². The van der Waals surface area contributed by atoms with Crippen LogP contribution in [-0.2, 0) is 11.2 Å². The Kier molecular flexibility index (Phi) is 5.96. The molecule has 0 spiro atoms. The van der Waals surface area contributed by atoms with Crippen LogP contribution in [0.25, 0.3) is 10.4 Å². The van der Waals surface area contributed by atoms with Crippen molar-refractivity contribution < 1.29 is 14.3 Å². The number of aryl methyl sites for hydroxylation is 2. The molecule has 0 atom stereocenters. The molecule has 5 nitrogen and oxygen atoms in total. The molecule has 0 unspecified atom stereocenters. The minimum absolute atomic E-state index is 0.334. The van der Waals surface area contributed by atoms with Crippen LogP contribution in [0, 0.1) is 6.92 Å². The predicted molar refractivity (Wildman–Crippen MR) is 102 cm³/mol. The van der Waals surface area contributed by atoms with Crippen LogP contribution in [0.3, 0.4) is 0 Å². The minimum atomic E-state index is -0.378. The van der Waals surface area contributed by atoms with E-state index in [4.69, 9.17) is 9.47 Å². The first kappa shape index (κ1) is 18.1. The summed E-state index contributed by atoms with van der Waals surface area (Å²) >= 11 is 1.50. The summed E-state index contributed by atoms with van der Waals surface area (Å²) in [6.45, 7) is 2.23. The van der Waals surface area contributed by atoms with Crippen molar-refractivity contribution in [2.75, 3.05) is 13.7 Å². The van der Waals surface area contributed by atoms with Crippen molar-refractivity contribution in [3.8, 4) is 16.2 Å². The molecule has 0 fully saturated rings. The second kappa shape index (κ2) is 8.58. The molecule has 0 bridgehead atoms. The highest BCUT2D eigenvalue weighted by atomic mass is 32.1. The standard InChI is InChI=1S/C20H20N2O3S/c1-14-22-18(19(26-14)16-8-4-3-5-9-16)20(23)25-10-6-7-15-11-17(24-2)13-21-12-15/h3-5,8-9,11-13H,6-7,10H2,1-2H3. The first-order chi connectivity index (χ1) is 12.7. The van der Waals surface area contributed by atoms with Crippen molar-refractivity contribution >= 4 is 17.3 Å². The molecular formula is C20H20N2O3S. The first-order valence-electron chi connectivity index (χ1n) is 8.35. The van der Waals surface area contributed by atoms with Crippen molar-refractivity contribution in [2.24, 2.45) is 0 Å². The van der Waals surface area contributed by atoms with Gasteiger partial charge in [0.05, 0.1) is 29.8 Å². The lowest BCUT2D eigenvalue weighted by Gasteiger charge is -2.06. The fourth-order valence-electron chi connectivity index (χ4n) is 2.57. The summed E-state index contributed by atoms with van der Waals surface area (Å²) in [4.78, 5) is 21.8. The van der Waals surface area contributed by atoms with Gasteiger partial charge in [0.15, 0.2) is 5.69 Å². The highest BCUT2D eigenvalue weighted by Gasteiger charge is 2.19. The molecule has 0 aliphatic carbocycles. The summed E-state index contributed by atoms with van der Waals surface area (Å²) in [7, 11) is 1.61. The molecule has 2 heterocycles. The number of aromatic nitrogens is 2. The second-order valence-corrected chi connectivity index (χ2v) is 6.95. The Hall–Kier alpha value is -2.73. The zero-order valence-electron chi connectivity index (χ0n) is 14.8. The van der Waals surface area contributed by atoms with Gasteiger partial charge in [0.1, 0.15) is 5.75 Å². The first-order valence-corrected chi connectivity index (χ1v) is 9.17. The number of carbonyl (C=O) groups excluding carboxylic acids is 1. The topological polar surface area (TPSA) is 61.3 Å². The molecule has 0 amide bonds. The zero-order valence-corrected chi connectivity index (χ0v) is 15.6. The maximum Gasteiger partial charge on any atom is 0.358 e. The number of carbonyl (C=O) groups is 1. The number of esters is 1. The van der Waals surface area contributed by atoms with E-state index in [1.54, 1.807) is 19.5 Å². The van der Waals surface area contributed by atoms with Crippen LogP contribution < -0.4 is 4.74 Å². The van der Waals surface area contributed by atoms with Gasteiger partial charge >= 0.3 is 5.97 Å². The van der Waals surface area contributed by atoms with Gasteiger partial charge in [0.25, 0.3) is 0 Å². The fourth-order valence-corrected chi connectivity index (χ4v) is 3.48. The Morgan fingerprint density at radius 3 is 2.77 bits per heavy atom. The summed E-state index contributed by atoms with van der Waals surface area (Å²) in [6, 6.07) is 11.7. The Morgan fingerprint density at radius 2 is 2.00 bits per heavy atom. The Morgan fingerprint density at radius 1 is 1.19 bits per heavy atom. The maximum atomic E-state index is 12.5. The summed E-state index contributed by atoms with van der Waals surface area (Å²) in [5.41, 5.74) is 2.42. The molecule has 0 aliphatic heterocycles. The number of pyridine rings is 1. The van der Waals surface area contributed by atoms with Crippen LogP contribution in [0.1, 0.15) is 27.5 Å². The summed E-state index contributed by atoms with van der Waals surface area (Å²) in [5, 5.41) is 0.846. The lowest BCUT2D eigenvalue weighted by molar-refractivity contribution is 0.0495. The van der Waals surface area contributed by atoms with Gasteiger partial charge in [-0.1, -0.05) is 30.3 Å². The number of methoxy groups -OCH3 is 1. The number of ether oxygens (including phenoxy) is 2. The van der Waals surface area contributed by atoms with Gasteiger partial charge in [0, 0.05) is 6.20 Å². The van der Waals surface area contributed by atoms with Crippen molar-refractivity contribution in [2.45, 2.75) is 19.8 Å². The molecule has 134 valence electrons. The predicted octanol–water partition coefficient (Wildman–Crippen LogP) is 4.31. The third-order valence-corrected chi connectivity index (χ3v) is 4.83. The molecule has 3 aromatic rings. The van der Waals surface area contributed by atoms with Crippen LogP contribution in [-0.4, -0.2) is 29.7 Å². The Labute approximate surface area is 156 Å². The number of benzene rings is 1. The van der Waals surface area contributed by atoms with Gasteiger partial charge < -0.3 is 9.47 Å². The van der Waals surface area contributed by atoms with E-state index in [2.05, 4.69) is 9.97 Å². The highest BCUT2D eigenvalue weighted by Crippen LogP contribution is 2.30. The second-order valence-electron chi connectivity index (χ2n) is 5.75. The molecule has 0 saturated heterocycles. The van der Waals surface area contributed by atoms with Crippen molar-refractivity contribution in [3.63, 3.8) is 0 Å². The largest absolute Gasteiger partial charge is 0.495 e. The lowest BCUT2D eigenvalue weighted by Crippen LogP contribution is -2.09. The normalized spacial score (nSPS) is 10.5. The van der Waals surface area contributed by atoms with E-state index in [-0.39, 0.29) is 5.97 Å². The van der Waals surface area contributed by atoms with Crippen molar-refractivity contribution in [3.05, 3.63) is 65.1 Å². The van der Waals surface area contributed by atoms with E-state index >= 15 is 0 Å². The van der Waals surface area contributed by atoms with Crippen molar-refractivity contribution in [1.29, 1.82) is 0 Å². The lowest BCUT2D eigenvalue weighted by atomic mass is 10.1. The average Bonchev–Trinajstić information content (AvgIpc) is 3.08. The van der Waals surface area contributed by atoms with Crippen LogP contribution >= 0.6 is 11.3 Å². The van der Waals surface area contributed by atoms with Gasteiger partial charge in [-0.15, -0.1) is 11.3 Å². The molecule has 0 aliphatic rings. The summed E-state index contributed by atoms with van der Waals surface area (Å²) in [5.74, 6) is 0.349. The maximum absolute atomic E-state index is 12.5. The fraction of sp³-hybridized carbons (Fsp3) is 0.250. The Bertz CT molecular complexity index is 878. The van der Waals surface area contributed by atoms with Gasteiger partial charge in [0.2, 0.25) is 0 Å². The van der Waals surface area contributed by atoms with Crippen LogP contribution in [0.5, 0.6) is 5.75 Å². The number of nitrogens with zero attached hydrogens (tertiary/aromatic N) is 2. The van der Waals surface area contributed by atoms with Gasteiger partial charge in [-0.3, -0.25) is 4.98 Å². The molecule has 2 aromatic heterocycles. The van der Waals surface area contributed by atoms with Gasteiger partial charge in [-0.2, -0.15) is 0 Å². The molecule has 1 aromatic carbocycles. The number of thiazole rings is 1. The van der Waals surface area contributed by atoms with E-state index in [1.165, 1.54) is 11.3 Å². The van der Waals surface area contributed by atoms with E-state index in [1.807, 2.05) is 43.3 Å². The van der Waals surface area contributed by atoms with Gasteiger partial charge in [-0.25, -0.2) is 9.78 Å². The SMILES string of the molecule is COc1cncc(CCCOC(=O)c2nc(C)sc2-c2ccccc2)c1.